The number of methoxy groups -OCH3 is 1. The lowest BCUT2D eigenvalue weighted by molar-refractivity contribution is 0.399. The minimum atomic E-state index is 0.604. The molecule has 3 aromatic heterocycles. The fourth-order valence-corrected chi connectivity index (χ4v) is 3.08. The van der Waals surface area contributed by atoms with Crippen LogP contribution < -0.4 is 10.1 Å². The van der Waals surface area contributed by atoms with Crippen molar-refractivity contribution in [1.29, 1.82) is 0 Å². The maximum atomic E-state index is 5.24. The second-order valence-corrected chi connectivity index (χ2v) is 5.77. The van der Waals surface area contributed by atoms with E-state index in [1.165, 1.54) is 4.88 Å². The molecule has 0 aliphatic heterocycles. The van der Waals surface area contributed by atoms with Crippen molar-refractivity contribution in [1.82, 2.24) is 14.4 Å². The highest BCUT2D eigenvalue weighted by Crippen LogP contribution is 2.24. The SMILES string of the molecule is COc1ncccc1NCc1c(C)nc2sc(C)cn12. The Labute approximate surface area is 121 Å². The molecule has 0 aromatic carbocycles. The molecule has 3 heterocycles. The summed E-state index contributed by atoms with van der Waals surface area (Å²) in [6.45, 7) is 4.81. The van der Waals surface area contributed by atoms with Gasteiger partial charge in [-0.3, -0.25) is 4.40 Å². The summed E-state index contributed by atoms with van der Waals surface area (Å²) in [6.07, 6.45) is 3.84. The van der Waals surface area contributed by atoms with Crippen LogP contribution in [0.5, 0.6) is 5.88 Å². The summed E-state index contributed by atoms with van der Waals surface area (Å²) in [5.41, 5.74) is 3.10. The van der Waals surface area contributed by atoms with E-state index >= 15 is 0 Å². The minimum absolute atomic E-state index is 0.604. The first kappa shape index (κ1) is 12.9. The van der Waals surface area contributed by atoms with Crippen LogP contribution in [0.3, 0.4) is 0 Å². The molecule has 20 heavy (non-hydrogen) atoms. The molecule has 0 saturated carbocycles. The van der Waals surface area contributed by atoms with Crippen molar-refractivity contribution >= 4 is 22.0 Å². The summed E-state index contributed by atoms with van der Waals surface area (Å²) >= 11 is 1.70. The topological polar surface area (TPSA) is 51.5 Å². The summed E-state index contributed by atoms with van der Waals surface area (Å²) in [5.74, 6) is 0.604. The average Bonchev–Trinajstić information content (AvgIpc) is 2.92. The molecule has 3 aromatic rings. The van der Waals surface area contributed by atoms with Gasteiger partial charge in [0.1, 0.15) is 0 Å². The zero-order valence-electron chi connectivity index (χ0n) is 11.7. The highest BCUT2D eigenvalue weighted by molar-refractivity contribution is 7.17. The zero-order valence-corrected chi connectivity index (χ0v) is 12.5. The lowest BCUT2D eigenvalue weighted by Crippen LogP contribution is -2.05. The van der Waals surface area contributed by atoms with Gasteiger partial charge in [-0.25, -0.2) is 9.97 Å². The van der Waals surface area contributed by atoms with E-state index in [-0.39, 0.29) is 0 Å². The molecule has 0 aliphatic rings. The predicted molar refractivity (Wildman–Crippen MR) is 80.7 cm³/mol. The molecule has 0 atom stereocenters. The van der Waals surface area contributed by atoms with E-state index in [0.717, 1.165) is 22.0 Å². The summed E-state index contributed by atoms with van der Waals surface area (Å²) in [4.78, 5) is 11.1. The van der Waals surface area contributed by atoms with Crippen LogP contribution in [0.15, 0.2) is 24.5 Å². The molecular weight excluding hydrogens is 272 g/mol. The monoisotopic (exact) mass is 288 g/mol. The van der Waals surface area contributed by atoms with Crippen LogP contribution in [0, 0.1) is 13.8 Å². The molecule has 6 heteroatoms. The van der Waals surface area contributed by atoms with E-state index in [2.05, 4.69) is 32.8 Å². The molecule has 0 radical (unpaired) electrons. The summed E-state index contributed by atoms with van der Waals surface area (Å²) in [6, 6.07) is 3.84. The molecule has 0 bridgehead atoms. The normalized spacial score (nSPS) is 10.9. The van der Waals surface area contributed by atoms with E-state index in [1.54, 1.807) is 24.6 Å². The minimum Gasteiger partial charge on any atom is -0.480 e. The van der Waals surface area contributed by atoms with E-state index < -0.39 is 0 Å². The van der Waals surface area contributed by atoms with Gasteiger partial charge in [0.15, 0.2) is 4.96 Å². The maximum Gasteiger partial charge on any atom is 0.237 e. The Bertz CT molecular complexity index is 747. The fraction of sp³-hybridized carbons (Fsp3) is 0.286. The summed E-state index contributed by atoms with van der Waals surface area (Å²) in [5, 5.41) is 3.37. The molecule has 3 rings (SSSR count). The Balaban J connectivity index is 1.88. The van der Waals surface area contributed by atoms with Crippen LogP contribution in [0.25, 0.3) is 4.96 Å². The van der Waals surface area contributed by atoms with Crippen LogP contribution in [-0.2, 0) is 6.54 Å². The molecule has 0 saturated heterocycles. The first-order chi connectivity index (χ1) is 9.69. The van der Waals surface area contributed by atoms with Crippen LogP contribution in [0.4, 0.5) is 5.69 Å². The Hall–Kier alpha value is -2.08. The molecule has 0 unspecified atom stereocenters. The fourth-order valence-electron chi connectivity index (χ4n) is 2.19. The molecule has 5 nitrogen and oxygen atoms in total. The predicted octanol–water partition coefficient (Wildman–Crippen LogP) is 3.03. The second kappa shape index (κ2) is 5.13. The van der Waals surface area contributed by atoms with Crippen molar-refractivity contribution in [3.05, 3.63) is 40.8 Å². The number of nitrogens with one attached hydrogen (secondary N) is 1. The van der Waals surface area contributed by atoms with Gasteiger partial charge in [-0.2, -0.15) is 0 Å². The Morgan fingerprint density at radius 1 is 1.40 bits per heavy atom. The smallest absolute Gasteiger partial charge is 0.237 e. The third-order valence-electron chi connectivity index (χ3n) is 3.15. The molecule has 0 fully saturated rings. The van der Waals surface area contributed by atoms with Crippen molar-refractivity contribution < 1.29 is 4.74 Å². The molecule has 0 amide bonds. The van der Waals surface area contributed by atoms with Crippen molar-refractivity contribution in [3.63, 3.8) is 0 Å². The van der Waals surface area contributed by atoms with Crippen LogP contribution in [0.2, 0.25) is 0 Å². The Morgan fingerprint density at radius 3 is 3.05 bits per heavy atom. The summed E-state index contributed by atoms with van der Waals surface area (Å²) in [7, 11) is 1.62. The molecule has 0 aliphatic carbocycles. The number of pyridine rings is 1. The van der Waals surface area contributed by atoms with E-state index in [0.29, 0.717) is 12.4 Å². The Morgan fingerprint density at radius 2 is 2.25 bits per heavy atom. The number of ether oxygens (including phenoxy) is 1. The maximum absolute atomic E-state index is 5.24. The first-order valence-corrected chi connectivity index (χ1v) is 7.17. The van der Waals surface area contributed by atoms with Gasteiger partial charge in [0.05, 0.1) is 30.7 Å². The summed E-state index contributed by atoms with van der Waals surface area (Å²) < 4.78 is 7.39. The van der Waals surface area contributed by atoms with Gasteiger partial charge in [-0.15, -0.1) is 11.3 Å². The zero-order chi connectivity index (χ0) is 14.1. The number of anilines is 1. The van der Waals surface area contributed by atoms with Crippen molar-refractivity contribution in [2.75, 3.05) is 12.4 Å². The number of imidazole rings is 1. The van der Waals surface area contributed by atoms with Crippen molar-refractivity contribution in [2.24, 2.45) is 0 Å². The lowest BCUT2D eigenvalue weighted by atomic mass is 10.3. The molecule has 104 valence electrons. The average molecular weight is 288 g/mol. The van der Waals surface area contributed by atoms with Gasteiger partial charge in [-0.1, -0.05) is 0 Å². The number of hydrogen-bond acceptors (Lipinski definition) is 5. The number of nitrogens with zero attached hydrogens (tertiary/aromatic N) is 3. The van der Waals surface area contributed by atoms with Crippen molar-refractivity contribution in [3.8, 4) is 5.88 Å². The molecule has 1 N–H and O–H groups in total. The number of hydrogen-bond donors (Lipinski definition) is 1. The number of aryl methyl sites for hydroxylation is 2. The van der Waals surface area contributed by atoms with Gasteiger partial charge in [-0.05, 0) is 26.0 Å². The standard InChI is InChI=1S/C14H16N4OS/c1-9-8-18-12(10(2)17-14(18)20-9)7-16-11-5-4-6-15-13(11)19-3/h4-6,8,16H,7H2,1-3H3. The van der Waals surface area contributed by atoms with E-state index in [1.807, 2.05) is 19.1 Å². The molecule has 0 spiro atoms. The highest BCUT2D eigenvalue weighted by Gasteiger charge is 2.11. The second-order valence-electron chi connectivity index (χ2n) is 4.55. The third kappa shape index (κ3) is 2.22. The third-order valence-corrected chi connectivity index (χ3v) is 4.05. The lowest BCUT2D eigenvalue weighted by Gasteiger charge is -2.09. The van der Waals surface area contributed by atoms with Gasteiger partial charge in [0.25, 0.3) is 0 Å². The number of thiazole rings is 1. The van der Waals surface area contributed by atoms with Crippen molar-refractivity contribution in [2.45, 2.75) is 20.4 Å². The van der Waals surface area contributed by atoms with Gasteiger partial charge in [0, 0.05) is 17.3 Å². The van der Waals surface area contributed by atoms with Crippen LogP contribution >= 0.6 is 11.3 Å². The number of aromatic nitrogens is 3. The van der Waals surface area contributed by atoms with E-state index in [9.17, 15) is 0 Å². The van der Waals surface area contributed by atoms with Gasteiger partial charge < -0.3 is 10.1 Å². The molecular formula is C14H16N4OS. The first-order valence-electron chi connectivity index (χ1n) is 6.36. The van der Waals surface area contributed by atoms with Gasteiger partial charge in [0.2, 0.25) is 5.88 Å². The highest BCUT2D eigenvalue weighted by atomic mass is 32.1. The number of fused-ring (bicyclic) bond motifs is 1. The number of rotatable bonds is 4. The van der Waals surface area contributed by atoms with E-state index in [4.69, 9.17) is 4.74 Å². The van der Waals surface area contributed by atoms with Crippen LogP contribution in [0.1, 0.15) is 16.3 Å². The van der Waals surface area contributed by atoms with Crippen LogP contribution in [-0.4, -0.2) is 21.5 Å². The van der Waals surface area contributed by atoms with Gasteiger partial charge >= 0.3 is 0 Å². The quantitative estimate of drug-likeness (QED) is 0.801. The Kier molecular flexibility index (Phi) is 3.31. The largest absolute Gasteiger partial charge is 0.480 e.